The summed E-state index contributed by atoms with van der Waals surface area (Å²) in [6.45, 7) is 3.83. The number of nitrogens with zero attached hydrogens (tertiary/aromatic N) is 6. The SMILES string of the molecule is COc1cccc(-c2c(C)c3cnn(-c4ncccn4)c(=O)n3c2C)n1. The van der Waals surface area contributed by atoms with E-state index in [0.717, 1.165) is 28.0 Å². The molecular weight excluding hydrogens is 332 g/mol. The van der Waals surface area contributed by atoms with Crippen LogP contribution in [-0.4, -0.2) is 36.2 Å². The van der Waals surface area contributed by atoms with Gasteiger partial charge in [0.25, 0.3) is 5.95 Å². The Bertz CT molecular complexity index is 1160. The van der Waals surface area contributed by atoms with Crippen LogP contribution in [0.15, 0.2) is 47.7 Å². The van der Waals surface area contributed by atoms with Crippen LogP contribution in [0.1, 0.15) is 11.3 Å². The van der Waals surface area contributed by atoms with Gasteiger partial charge in [-0.2, -0.15) is 5.10 Å². The molecule has 8 heteroatoms. The molecule has 0 aliphatic rings. The Morgan fingerprint density at radius 1 is 1.08 bits per heavy atom. The number of aryl methyl sites for hydroxylation is 2. The largest absolute Gasteiger partial charge is 0.481 e. The van der Waals surface area contributed by atoms with Crippen molar-refractivity contribution in [1.82, 2.24) is 29.1 Å². The number of rotatable bonds is 3. The molecule has 4 aromatic heterocycles. The van der Waals surface area contributed by atoms with Crippen LogP contribution in [0.4, 0.5) is 0 Å². The minimum Gasteiger partial charge on any atom is -0.481 e. The molecule has 26 heavy (non-hydrogen) atoms. The molecule has 0 aliphatic carbocycles. The fraction of sp³-hybridized carbons (Fsp3) is 0.167. The van der Waals surface area contributed by atoms with E-state index in [2.05, 4.69) is 20.1 Å². The molecule has 0 atom stereocenters. The maximum atomic E-state index is 13.0. The minimum atomic E-state index is -0.330. The van der Waals surface area contributed by atoms with Gasteiger partial charge in [0, 0.05) is 29.7 Å². The van der Waals surface area contributed by atoms with Crippen LogP contribution in [0.3, 0.4) is 0 Å². The molecule has 0 saturated heterocycles. The lowest BCUT2D eigenvalue weighted by atomic mass is 10.1. The highest BCUT2D eigenvalue weighted by atomic mass is 16.5. The fourth-order valence-electron chi connectivity index (χ4n) is 3.10. The van der Waals surface area contributed by atoms with Crippen LogP contribution in [-0.2, 0) is 0 Å². The van der Waals surface area contributed by atoms with Gasteiger partial charge in [0.2, 0.25) is 5.88 Å². The summed E-state index contributed by atoms with van der Waals surface area (Å²) in [6, 6.07) is 7.23. The number of aromatic nitrogens is 6. The number of pyridine rings is 1. The van der Waals surface area contributed by atoms with E-state index < -0.39 is 0 Å². The second kappa shape index (κ2) is 6.07. The lowest BCUT2D eigenvalue weighted by Gasteiger charge is -2.05. The van der Waals surface area contributed by atoms with Crippen molar-refractivity contribution in [2.45, 2.75) is 13.8 Å². The summed E-state index contributed by atoms with van der Waals surface area (Å²) in [4.78, 5) is 25.7. The Kier molecular flexibility index (Phi) is 3.72. The molecule has 0 radical (unpaired) electrons. The van der Waals surface area contributed by atoms with Crippen LogP contribution in [0.2, 0.25) is 0 Å². The van der Waals surface area contributed by atoms with Crippen molar-refractivity contribution in [3.05, 3.63) is 64.6 Å². The van der Waals surface area contributed by atoms with Gasteiger partial charge in [0.05, 0.1) is 24.5 Å². The van der Waals surface area contributed by atoms with E-state index >= 15 is 0 Å². The Labute approximate surface area is 148 Å². The van der Waals surface area contributed by atoms with Crippen molar-refractivity contribution >= 4 is 5.52 Å². The van der Waals surface area contributed by atoms with Gasteiger partial charge in [-0.05, 0) is 31.5 Å². The van der Waals surface area contributed by atoms with E-state index in [1.807, 2.05) is 26.0 Å². The molecule has 130 valence electrons. The predicted molar refractivity (Wildman–Crippen MR) is 95.6 cm³/mol. The van der Waals surface area contributed by atoms with Gasteiger partial charge >= 0.3 is 5.69 Å². The number of fused-ring (bicyclic) bond motifs is 1. The van der Waals surface area contributed by atoms with Crippen molar-refractivity contribution in [3.63, 3.8) is 0 Å². The van der Waals surface area contributed by atoms with Gasteiger partial charge in [-0.25, -0.2) is 19.7 Å². The smallest absolute Gasteiger partial charge is 0.356 e. The summed E-state index contributed by atoms with van der Waals surface area (Å²) >= 11 is 0. The first kappa shape index (κ1) is 15.9. The van der Waals surface area contributed by atoms with Crippen molar-refractivity contribution in [2.24, 2.45) is 0 Å². The molecule has 0 unspecified atom stereocenters. The van der Waals surface area contributed by atoms with Gasteiger partial charge in [-0.15, -0.1) is 4.68 Å². The lowest BCUT2D eigenvalue weighted by molar-refractivity contribution is 0.398. The molecule has 0 bridgehead atoms. The molecule has 0 saturated carbocycles. The summed E-state index contributed by atoms with van der Waals surface area (Å²) < 4.78 is 8.01. The van der Waals surface area contributed by atoms with Crippen molar-refractivity contribution < 1.29 is 4.74 Å². The Morgan fingerprint density at radius 3 is 2.58 bits per heavy atom. The molecule has 0 amide bonds. The van der Waals surface area contributed by atoms with E-state index in [1.54, 1.807) is 42.2 Å². The molecule has 4 heterocycles. The minimum absolute atomic E-state index is 0.228. The van der Waals surface area contributed by atoms with Gasteiger partial charge in [0.15, 0.2) is 0 Å². The van der Waals surface area contributed by atoms with Gasteiger partial charge in [-0.1, -0.05) is 6.07 Å². The highest BCUT2D eigenvalue weighted by Gasteiger charge is 2.19. The molecule has 4 rings (SSSR count). The first-order valence-corrected chi connectivity index (χ1v) is 8.00. The Hall–Kier alpha value is -3.55. The summed E-state index contributed by atoms with van der Waals surface area (Å²) in [5, 5.41) is 4.23. The van der Waals surface area contributed by atoms with Crippen LogP contribution in [0.5, 0.6) is 5.88 Å². The topological polar surface area (TPSA) is 87.2 Å². The normalized spacial score (nSPS) is 11.0. The summed E-state index contributed by atoms with van der Waals surface area (Å²) in [6.07, 6.45) is 4.78. The van der Waals surface area contributed by atoms with Crippen molar-refractivity contribution in [3.8, 4) is 23.1 Å². The van der Waals surface area contributed by atoms with Gasteiger partial charge in [0.1, 0.15) is 0 Å². The number of hydrogen-bond acceptors (Lipinski definition) is 6. The molecule has 0 aliphatic heterocycles. The molecule has 0 fully saturated rings. The monoisotopic (exact) mass is 348 g/mol. The third-order valence-corrected chi connectivity index (χ3v) is 4.30. The van der Waals surface area contributed by atoms with Crippen LogP contribution in [0.25, 0.3) is 22.7 Å². The highest BCUT2D eigenvalue weighted by Crippen LogP contribution is 2.30. The Morgan fingerprint density at radius 2 is 1.85 bits per heavy atom. The first-order chi connectivity index (χ1) is 12.6. The Balaban J connectivity index is 2.00. The zero-order chi connectivity index (χ0) is 18.3. The van der Waals surface area contributed by atoms with E-state index in [-0.39, 0.29) is 11.6 Å². The van der Waals surface area contributed by atoms with Crippen LogP contribution >= 0.6 is 0 Å². The number of hydrogen-bond donors (Lipinski definition) is 0. The third-order valence-electron chi connectivity index (χ3n) is 4.30. The molecule has 8 nitrogen and oxygen atoms in total. The molecule has 4 aromatic rings. The number of methoxy groups -OCH3 is 1. The maximum absolute atomic E-state index is 13.0. The lowest BCUT2D eigenvalue weighted by Crippen LogP contribution is -2.29. The maximum Gasteiger partial charge on any atom is 0.356 e. The molecular formula is C18H16N6O2. The molecule has 0 aromatic carbocycles. The quantitative estimate of drug-likeness (QED) is 0.562. The van der Waals surface area contributed by atoms with Crippen LogP contribution in [0, 0.1) is 13.8 Å². The summed E-state index contributed by atoms with van der Waals surface area (Å²) in [5.74, 6) is 0.746. The average molecular weight is 348 g/mol. The van der Waals surface area contributed by atoms with Crippen molar-refractivity contribution in [1.29, 1.82) is 0 Å². The second-order valence-electron chi connectivity index (χ2n) is 5.76. The molecule has 0 spiro atoms. The average Bonchev–Trinajstić information content (AvgIpc) is 2.94. The van der Waals surface area contributed by atoms with E-state index in [4.69, 9.17) is 4.74 Å². The summed E-state index contributed by atoms with van der Waals surface area (Å²) in [5.41, 5.74) is 3.71. The van der Waals surface area contributed by atoms with Gasteiger partial charge < -0.3 is 4.74 Å². The third kappa shape index (κ3) is 2.34. The number of ether oxygens (including phenoxy) is 1. The van der Waals surface area contributed by atoms with Crippen molar-refractivity contribution in [2.75, 3.05) is 7.11 Å². The first-order valence-electron chi connectivity index (χ1n) is 8.00. The van der Waals surface area contributed by atoms with Crippen LogP contribution < -0.4 is 10.4 Å². The zero-order valence-electron chi connectivity index (χ0n) is 14.5. The predicted octanol–water partition coefficient (Wildman–Crippen LogP) is 1.96. The second-order valence-corrected chi connectivity index (χ2v) is 5.76. The molecule has 0 N–H and O–H groups in total. The zero-order valence-corrected chi connectivity index (χ0v) is 14.5. The van der Waals surface area contributed by atoms with E-state index in [0.29, 0.717) is 5.88 Å². The van der Waals surface area contributed by atoms with E-state index in [9.17, 15) is 4.79 Å². The van der Waals surface area contributed by atoms with E-state index in [1.165, 1.54) is 4.68 Å². The highest BCUT2D eigenvalue weighted by molar-refractivity contribution is 5.77. The standard InChI is InChI=1S/C18H16N6O2/c1-11-14-10-21-24(17-19-8-5-9-20-17)18(25)23(14)12(2)16(11)13-6-4-7-15(22-13)26-3/h4-10H,1-3H3. The van der Waals surface area contributed by atoms with Gasteiger partial charge in [-0.3, -0.25) is 4.40 Å². The summed E-state index contributed by atoms with van der Waals surface area (Å²) in [7, 11) is 1.57. The fourth-order valence-corrected chi connectivity index (χ4v) is 3.10.